The summed E-state index contributed by atoms with van der Waals surface area (Å²) in [4.78, 5) is 0. The van der Waals surface area contributed by atoms with Crippen molar-refractivity contribution >= 4 is 0 Å². The van der Waals surface area contributed by atoms with Crippen LogP contribution in [-0.4, -0.2) is 28.1 Å². The molecule has 2 rings (SSSR count). The van der Waals surface area contributed by atoms with Crippen molar-refractivity contribution in [3.63, 3.8) is 0 Å². The van der Waals surface area contributed by atoms with Crippen LogP contribution in [-0.2, 0) is 6.54 Å². The van der Waals surface area contributed by atoms with Crippen molar-refractivity contribution in [1.29, 1.82) is 0 Å². The minimum absolute atomic E-state index is 0.672. The molecule has 1 aliphatic rings. The van der Waals surface area contributed by atoms with E-state index in [1.165, 1.54) is 18.5 Å². The molecule has 0 bridgehead atoms. The van der Waals surface area contributed by atoms with Gasteiger partial charge in [0.25, 0.3) is 0 Å². The Morgan fingerprint density at radius 1 is 1.44 bits per heavy atom. The van der Waals surface area contributed by atoms with Gasteiger partial charge >= 0.3 is 0 Å². The van der Waals surface area contributed by atoms with Gasteiger partial charge in [0.05, 0.1) is 11.9 Å². The molecule has 1 aromatic rings. The molecule has 0 saturated heterocycles. The fourth-order valence-electron chi connectivity index (χ4n) is 2.70. The first-order valence-corrected chi connectivity index (χ1v) is 7.31. The van der Waals surface area contributed by atoms with Gasteiger partial charge in [-0.05, 0) is 44.2 Å². The van der Waals surface area contributed by atoms with E-state index in [0.29, 0.717) is 5.92 Å². The maximum Gasteiger partial charge on any atom is 0.0728 e. The Hall–Kier alpha value is -0.900. The fraction of sp³-hybridized carbons (Fsp3) is 0.857. The summed E-state index contributed by atoms with van der Waals surface area (Å²) in [6.45, 7) is 9.96. The zero-order valence-electron chi connectivity index (χ0n) is 11.9. The SMILES string of the molecule is CCCn1nncc1C1CCC1CNCC(C)C. The van der Waals surface area contributed by atoms with Crippen molar-refractivity contribution in [2.45, 2.75) is 52.5 Å². The highest BCUT2D eigenvalue weighted by atomic mass is 15.4. The smallest absolute Gasteiger partial charge is 0.0728 e. The van der Waals surface area contributed by atoms with Crippen LogP contribution in [0.25, 0.3) is 0 Å². The predicted molar refractivity (Wildman–Crippen MR) is 73.5 cm³/mol. The number of aryl methyl sites for hydroxylation is 1. The average molecular weight is 250 g/mol. The monoisotopic (exact) mass is 250 g/mol. The van der Waals surface area contributed by atoms with E-state index < -0.39 is 0 Å². The molecule has 0 spiro atoms. The van der Waals surface area contributed by atoms with Gasteiger partial charge in [-0.3, -0.25) is 0 Å². The predicted octanol–water partition coefficient (Wildman–Crippen LogP) is 2.43. The zero-order chi connectivity index (χ0) is 13.0. The van der Waals surface area contributed by atoms with Gasteiger partial charge in [-0.25, -0.2) is 4.68 Å². The minimum Gasteiger partial charge on any atom is -0.316 e. The van der Waals surface area contributed by atoms with Crippen molar-refractivity contribution in [3.8, 4) is 0 Å². The van der Waals surface area contributed by atoms with Crippen LogP contribution < -0.4 is 5.32 Å². The van der Waals surface area contributed by atoms with Crippen molar-refractivity contribution < 1.29 is 0 Å². The van der Waals surface area contributed by atoms with Gasteiger partial charge < -0.3 is 5.32 Å². The van der Waals surface area contributed by atoms with E-state index in [0.717, 1.165) is 37.9 Å². The van der Waals surface area contributed by atoms with E-state index in [-0.39, 0.29) is 0 Å². The van der Waals surface area contributed by atoms with Crippen LogP contribution in [0.5, 0.6) is 0 Å². The Balaban J connectivity index is 1.87. The van der Waals surface area contributed by atoms with Gasteiger partial charge in [0.15, 0.2) is 0 Å². The van der Waals surface area contributed by atoms with Gasteiger partial charge in [0.1, 0.15) is 0 Å². The molecular formula is C14H26N4. The van der Waals surface area contributed by atoms with E-state index >= 15 is 0 Å². The quantitative estimate of drug-likeness (QED) is 0.808. The molecule has 4 nitrogen and oxygen atoms in total. The first kappa shape index (κ1) is 13.5. The molecule has 2 atom stereocenters. The molecule has 0 aromatic carbocycles. The normalized spacial score (nSPS) is 23.3. The van der Waals surface area contributed by atoms with E-state index in [4.69, 9.17) is 0 Å². The highest BCUT2D eigenvalue weighted by Gasteiger charge is 2.34. The van der Waals surface area contributed by atoms with Gasteiger partial charge in [0, 0.05) is 12.5 Å². The third-order valence-corrected chi connectivity index (χ3v) is 3.84. The van der Waals surface area contributed by atoms with Crippen molar-refractivity contribution in [1.82, 2.24) is 20.3 Å². The molecule has 2 unspecified atom stereocenters. The average Bonchev–Trinajstić information content (AvgIpc) is 2.71. The van der Waals surface area contributed by atoms with Crippen LogP contribution >= 0.6 is 0 Å². The second-order valence-corrected chi connectivity index (χ2v) is 5.88. The molecule has 1 aromatic heterocycles. The van der Waals surface area contributed by atoms with E-state index in [2.05, 4.69) is 41.1 Å². The number of hydrogen-bond donors (Lipinski definition) is 1. The molecule has 0 amide bonds. The standard InChI is InChI=1S/C14H26N4/c1-4-7-18-14(10-16-17-18)13-6-5-12(13)9-15-8-11(2)3/h10-13,15H,4-9H2,1-3H3. The Labute approximate surface area is 110 Å². The maximum atomic E-state index is 4.20. The molecule has 4 heteroatoms. The summed E-state index contributed by atoms with van der Waals surface area (Å²) in [5, 5.41) is 11.9. The van der Waals surface area contributed by atoms with Crippen molar-refractivity contribution in [2.75, 3.05) is 13.1 Å². The molecule has 0 aliphatic heterocycles. The molecular weight excluding hydrogens is 224 g/mol. The highest BCUT2D eigenvalue weighted by molar-refractivity contribution is 5.10. The Kier molecular flexibility index (Phi) is 4.75. The second kappa shape index (κ2) is 6.32. The van der Waals surface area contributed by atoms with Gasteiger partial charge in [-0.1, -0.05) is 26.0 Å². The fourth-order valence-corrected chi connectivity index (χ4v) is 2.70. The van der Waals surface area contributed by atoms with Crippen LogP contribution in [0.1, 0.15) is 51.6 Å². The second-order valence-electron chi connectivity index (χ2n) is 5.88. The lowest BCUT2D eigenvalue weighted by Crippen LogP contribution is -2.36. The Morgan fingerprint density at radius 3 is 2.89 bits per heavy atom. The molecule has 0 radical (unpaired) electrons. The topological polar surface area (TPSA) is 42.7 Å². The summed E-state index contributed by atoms with van der Waals surface area (Å²) in [6, 6.07) is 0. The van der Waals surface area contributed by atoms with Gasteiger partial charge in [-0.2, -0.15) is 0 Å². The first-order chi connectivity index (χ1) is 8.72. The van der Waals surface area contributed by atoms with Crippen LogP contribution in [0.2, 0.25) is 0 Å². The van der Waals surface area contributed by atoms with Crippen molar-refractivity contribution in [2.24, 2.45) is 11.8 Å². The van der Waals surface area contributed by atoms with E-state index in [1.54, 1.807) is 0 Å². The van der Waals surface area contributed by atoms with Crippen molar-refractivity contribution in [3.05, 3.63) is 11.9 Å². The molecule has 18 heavy (non-hydrogen) atoms. The summed E-state index contributed by atoms with van der Waals surface area (Å²) >= 11 is 0. The highest BCUT2D eigenvalue weighted by Crippen LogP contribution is 2.41. The van der Waals surface area contributed by atoms with Crippen LogP contribution in [0.4, 0.5) is 0 Å². The molecule has 1 fully saturated rings. The van der Waals surface area contributed by atoms with Gasteiger partial charge in [0.2, 0.25) is 0 Å². The number of nitrogens with zero attached hydrogens (tertiary/aromatic N) is 3. The zero-order valence-corrected chi connectivity index (χ0v) is 11.9. The largest absolute Gasteiger partial charge is 0.316 e. The first-order valence-electron chi connectivity index (χ1n) is 7.31. The third-order valence-electron chi connectivity index (χ3n) is 3.84. The number of hydrogen-bond acceptors (Lipinski definition) is 3. The number of nitrogens with one attached hydrogen (secondary N) is 1. The van der Waals surface area contributed by atoms with Crippen LogP contribution in [0.3, 0.4) is 0 Å². The summed E-state index contributed by atoms with van der Waals surface area (Å²) in [5.41, 5.74) is 1.35. The Morgan fingerprint density at radius 2 is 2.28 bits per heavy atom. The summed E-state index contributed by atoms with van der Waals surface area (Å²) < 4.78 is 2.10. The van der Waals surface area contributed by atoms with Crippen LogP contribution in [0.15, 0.2) is 6.20 Å². The molecule has 1 heterocycles. The Bertz CT molecular complexity index is 358. The van der Waals surface area contributed by atoms with E-state index in [1.807, 2.05) is 6.20 Å². The lowest BCUT2D eigenvalue weighted by Gasteiger charge is -2.37. The number of aromatic nitrogens is 3. The molecule has 1 aliphatic carbocycles. The number of rotatable bonds is 7. The summed E-state index contributed by atoms with van der Waals surface area (Å²) in [6.07, 6.45) is 5.73. The van der Waals surface area contributed by atoms with Crippen LogP contribution in [0, 0.1) is 11.8 Å². The minimum atomic E-state index is 0.672. The molecule has 1 saturated carbocycles. The summed E-state index contributed by atoms with van der Waals surface area (Å²) in [7, 11) is 0. The third kappa shape index (κ3) is 3.10. The summed E-state index contributed by atoms with van der Waals surface area (Å²) in [5.74, 6) is 2.18. The van der Waals surface area contributed by atoms with Gasteiger partial charge in [-0.15, -0.1) is 5.10 Å². The van der Waals surface area contributed by atoms with E-state index in [9.17, 15) is 0 Å². The molecule has 102 valence electrons. The lowest BCUT2D eigenvalue weighted by atomic mass is 9.72. The lowest BCUT2D eigenvalue weighted by molar-refractivity contribution is 0.231. The maximum absolute atomic E-state index is 4.20. The molecule has 1 N–H and O–H groups in total.